The van der Waals surface area contributed by atoms with Crippen LogP contribution in [0.15, 0.2) is 24.4 Å². The number of hydrogen-bond donors (Lipinski definition) is 2. The monoisotopic (exact) mass is 272 g/mol. The third-order valence-electron chi connectivity index (χ3n) is 3.20. The Hall–Kier alpha value is -2.63. The number of fused-ring (bicyclic) bond motifs is 1. The van der Waals surface area contributed by atoms with Crippen LogP contribution in [-0.4, -0.2) is 33.4 Å². The molecule has 2 N–H and O–H groups in total. The molecule has 1 aliphatic heterocycles. The molecule has 2 heterocycles. The van der Waals surface area contributed by atoms with Gasteiger partial charge in [0.05, 0.1) is 12.8 Å². The summed E-state index contributed by atoms with van der Waals surface area (Å²) in [4.78, 5) is 28.7. The van der Waals surface area contributed by atoms with Crippen molar-refractivity contribution in [3.05, 3.63) is 35.7 Å². The van der Waals surface area contributed by atoms with Crippen molar-refractivity contribution in [1.29, 1.82) is 0 Å². The summed E-state index contributed by atoms with van der Waals surface area (Å²) in [7, 11) is 0. The van der Waals surface area contributed by atoms with Crippen molar-refractivity contribution >= 4 is 11.8 Å². The molecule has 0 saturated heterocycles. The zero-order valence-electron chi connectivity index (χ0n) is 10.5. The van der Waals surface area contributed by atoms with Crippen LogP contribution in [0.3, 0.4) is 0 Å². The van der Waals surface area contributed by atoms with E-state index in [1.807, 2.05) is 18.2 Å². The predicted molar refractivity (Wildman–Crippen MR) is 69.8 cm³/mol. The van der Waals surface area contributed by atoms with Crippen LogP contribution in [0.4, 0.5) is 0 Å². The Balaban J connectivity index is 1.93. The second kappa shape index (κ2) is 4.80. The predicted octanol–water partition coefficient (Wildman–Crippen LogP) is 1.67. The fourth-order valence-electron chi connectivity index (χ4n) is 2.21. The number of aryl methyl sites for hydroxylation is 1. The van der Waals surface area contributed by atoms with Crippen molar-refractivity contribution in [2.75, 3.05) is 6.61 Å². The van der Waals surface area contributed by atoms with Crippen LogP contribution in [-0.2, 0) is 11.2 Å². The average Bonchev–Trinajstić information content (AvgIpc) is 2.95. The summed E-state index contributed by atoms with van der Waals surface area (Å²) in [5, 5.41) is 8.66. The lowest BCUT2D eigenvalue weighted by atomic mass is 10.0. The van der Waals surface area contributed by atoms with E-state index >= 15 is 0 Å². The Labute approximate surface area is 114 Å². The van der Waals surface area contributed by atoms with E-state index in [1.54, 1.807) is 0 Å². The molecule has 0 spiro atoms. The van der Waals surface area contributed by atoms with Gasteiger partial charge in [-0.15, -0.1) is 0 Å². The van der Waals surface area contributed by atoms with Crippen molar-refractivity contribution < 1.29 is 19.4 Å². The number of carbonyl (C=O) groups is 2. The van der Waals surface area contributed by atoms with Crippen LogP contribution in [0.2, 0.25) is 0 Å². The number of hydrogen-bond acceptors (Lipinski definition) is 4. The number of aliphatic carboxylic acids is 1. The highest BCUT2D eigenvalue weighted by molar-refractivity contribution is 6.39. The topological polar surface area (TPSA) is 92.3 Å². The fourth-order valence-corrected chi connectivity index (χ4v) is 2.21. The highest BCUT2D eigenvalue weighted by Gasteiger charge is 2.18. The maximum absolute atomic E-state index is 11.3. The summed E-state index contributed by atoms with van der Waals surface area (Å²) in [6.45, 7) is 0.727. The number of nitrogens with zero attached hydrogens (tertiary/aromatic N) is 1. The van der Waals surface area contributed by atoms with Gasteiger partial charge in [0.1, 0.15) is 17.3 Å². The van der Waals surface area contributed by atoms with Gasteiger partial charge in [0.15, 0.2) is 0 Å². The number of nitrogens with one attached hydrogen (secondary N) is 1. The van der Waals surface area contributed by atoms with Gasteiger partial charge >= 0.3 is 5.97 Å². The molecular formula is C14H12N2O4. The fraction of sp³-hybridized carbons (Fsp3) is 0.214. The van der Waals surface area contributed by atoms with Crippen molar-refractivity contribution in [3.8, 4) is 17.1 Å². The Morgan fingerprint density at radius 2 is 2.20 bits per heavy atom. The lowest BCUT2D eigenvalue weighted by molar-refractivity contribution is -0.131. The lowest BCUT2D eigenvalue weighted by Gasteiger charge is -2.17. The molecule has 102 valence electrons. The van der Waals surface area contributed by atoms with Gasteiger partial charge in [0.25, 0.3) is 5.78 Å². The number of ketones is 1. The molecule has 6 nitrogen and oxygen atoms in total. The van der Waals surface area contributed by atoms with Crippen LogP contribution in [0.25, 0.3) is 11.4 Å². The molecule has 20 heavy (non-hydrogen) atoms. The quantitative estimate of drug-likeness (QED) is 0.655. The number of H-pyrrole nitrogens is 1. The number of aromatic nitrogens is 2. The Bertz CT molecular complexity index is 690. The van der Waals surface area contributed by atoms with Gasteiger partial charge in [-0.2, -0.15) is 0 Å². The lowest BCUT2D eigenvalue weighted by Crippen LogP contribution is -2.12. The van der Waals surface area contributed by atoms with Gasteiger partial charge in [-0.05, 0) is 36.6 Å². The van der Waals surface area contributed by atoms with Gasteiger partial charge in [-0.25, -0.2) is 9.78 Å². The van der Waals surface area contributed by atoms with Gasteiger partial charge in [0.2, 0.25) is 0 Å². The highest BCUT2D eigenvalue weighted by atomic mass is 16.5. The number of carboxylic acid groups (broad SMARTS) is 1. The SMILES string of the molecule is O=C(O)C(=O)c1cnc(-c2ccc3c(c2)CCCO3)[nH]1. The van der Waals surface area contributed by atoms with E-state index in [-0.39, 0.29) is 5.69 Å². The second-order valence-corrected chi connectivity index (χ2v) is 4.55. The molecule has 0 aliphatic carbocycles. The van der Waals surface area contributed by atoms with Crippen molar-refractivity contribution in [1.82, 2.24) is 9.97 Å². The first-order valence-corrected chi connectivity index (χ1v) is 6.24. The van der Waals surface area contributed by atoms with Crippen LogP contribution in [0, 0.1) is 0 Å². The molecule has 6 heteroatoms. The number of benzene rings is 1. The highest BCUT2D eigenvalue weighted by Crippen LogP contribution is 2.28. The van der Waals surface area contributed by atoms with Gasteiger partial charge in [-0.3, -0.25) is 4.79 Å². The van der Waals surface area contributed by atoms with E-state index in [0.717, 1.165) is 36.3 Å². The molecule has 1 aromatic carbocycles. The summed E-state index contributed by atoms with van der Waals surface area (Å²) < 4.78 is 5.53. The molecule has 0 unspecified atom stereocenters. The van der Waals surface area contributed by atoms with E-state index in [1.165, 1.54) is 6.20 Å². The largest absolute Gasteiger partial charge is 0.493 e. The minimum atomic E-state index is -1.50. The number of ether oxygens (including phenoxy) is 1. The zero-order chi connectivity index (χ0) is 14.1. The first-order chi connectivity index (χ1) is 9.65. The molecule has 3 rings (SSSR count). The molecule has 0 fully saturated rings. The molecule has 2 aromatic rings. The van der Waals surface area contributed by atoms with Crippen molar-refractivity contribution in [2.45, 2.75) is 12.8 Å². The van der Waals surface area contributed by atoms with Crippen molar-refractivity contribution in [3.63, 3.8) is 0 Å². The summed E-state index contributed by atoms with van der Waals surface area (Å²) >= 11 is 0. The molecule has 1 aromatic heterocycles. The normalized spacial score (nSPS) is 13.4. The number of carboxylic acids is 1. The summed E-state index contributed by atoms with van der Waals surface area (Å²) in [6, 6.07) is 5.64. The Morgan fingerprint density at radius 3 is 3.00 bits per heavy atom. The molecule has 0 amide bonds. The van der Waals surface area contributed by atoms with E-state index < -0.39 is 11.8 Å². The van der Waals surface area contributed by atoms with Crippen LogP contribution >= 0.6 is 0 Å². The van der Waals surface area contributed by atoms with E-state index in [4.69, 9.17) is 9.84 Å². The van der Waals surface area contributed by atoms with Gasteiger partial charge in [0, 0.05) is 5.56 Å². The molecule has 0 radical (unpaired) electrons. The number of Topliss-reactive ketones (excluding diaryl/α,β-unsaturated/α-hetero) is 1. The van der Waals surface area contributed by atoms with E-state index in [2.05, 4.69) is 9.97 Å². The maximum Gasteiger partial charge on any atom is 0.378 e. The molecule has 0 bridgehead atoms. The number of rotatable bonds is 3. The maximum atomic E-state index is 11.3. The van der Waals surface area contributed by atoms with E-state index in [9.17, 15) is 9.59 Å². The van der Waals surface area contributed by atoms with Crippen LogP contribution in [0.5, 0.6) is 5.75 Å². The molecular weight excluding hydrogens is 260 g/mol. The zero-order valence-corrected chi connectivity index (χ0v) is 10.5. The van der Waals surface area contributed by atoms with Crippen LogP contribution in [0.1, 0.15) is 22.5 Å². The van der Waals surface area contributed by atoms with E-state index in [0.29, 0.717) is 5.82 Å². The second-order valence-electron chi connectivity index (χ2n) is 4.55. The minimum Gasteiger partial charge on any atom is -0.493 e. The molecule has 0 saturated carbocycles. The summed E-state index contributed by atoms with van der Waals surface area (Å²) in [5.74, 6) is -1.15. The first-order valence-electron chi connectivity index (χ1n) is 6.24. The Morgan fingerprint density at radius 1 is 1.35 bits per heavy atom. The first kappa shape index (κ1) is 12.4. The number of carbonyl (C=O) groups excluding carboxylic acids is 1. The van der Waals surface area contributed by atoms with Gasteiger partial charge < -0.3 is 14.8 Å². The third kappa shape index (κ3) is 2.16. The number of imidazole rings is 1. The standard InChI is InChI=1S/C14H12N2O4/c17-12(14(18)19)10-7-15-13(16-10)9-3-4-11-8(6-9)2-1-5-20-11/h3-4,6-7H,1-2,5H2,(H,15,16)(H,18,19). The number of aromatic amines is 1. The van der Waals surface area contributed by atoms with Gasteiger partial charge in [-0.1, -0.05) is 0 Å². The van der Waals surface area contributed by atoms with Crippen molar-refractivity contribution in [2.24, 2.45) is 0 Å². The molecule has 0 atom stereocenters. The minimum absolute atomic E-state index is 0.0264. The summed E-state index contributed by atoms with van der Waals surface area (Å²) in [6.07, 6.45) is 3.14. The summed E-state index contributed by atoms with van der Waals surface area (Å²) in [5.41, 5.74) is 1.87. The average molecular weight is 272 g/mol. The Kier molecular flexibility index (Phi) is 2.98. The third-order valence-corrected chi connectivity index (χ3v) is 3.20. The smallest absolute Gasteiger partial charge is 0.378 e. The molecule has 1 aliphatic rings. The van der Waals surface area contributed by atoms with Crippen LogP contribution < -0.4 is 4.74 Å².